The third kappa shape index (κ3) is 4.46. The van der Waals surface area contributed by atoms with E-state index in [-0.39, 0.29) is 19.4 Å². The Kier molecular flexibility index (Phi) is 4.54. The Morgan fingerprint density at radius 2 is 2.12 bits per heavy atom. The quantitative estimate of drug-likeness (QED) is 0.564. The SMILES string of the molecule is CCOC(=O)/C=C/C1=CC=C(C(F)(F)F)CC1. The van der Waals surface area contributed by atoms with Crippen LogP contribution in [0, 0.1) is 0 Å². The van der Waals surface area contributed by atoms with Crippen LogP contribution in [-0.2, 0) is 9.53 Å². The molecule has 0 aliphatic heterocycles. The van der Waals surface area contributed by atoms with E-state index in [9.17, 15) is 18.0 Å². The summed E-state index contributed by atoms with van der Waals surface area (Å²) >= 11 is 0. The highest BCUT2D eigenvalue weighted by Crippen LogP contribution is 2.32. The van der Waals surface area contributed by atoms with Crippen molar-refractivity contribution in [2.24, 2.45) is 0 Å². The van der Waals surface area contributed by atoms with Gasteiger partial charge in [-0.05, 0) is 25.3 Å². The van der Waals surface area contributed by atoms with Gasteiger partial charge in [0.15, 0.2) is 0 Å². The van der Waals surface area contributed by atoms with E-state index in [2.05, 4.69) is 4.74 Å². The van der Waals surface area contributed by atoms with Crippen molar-refractivity contribution in [2.45, 2.75) is 25.9 Å². The Morgan fingerprint density at radius 1 is 1.41 bits per heavy atom. The predicted octanol–water partition coefficient (Wildman–Crippen LogP) is 3.31. The molecule has 0 radical (unpaired) electrons. The van der Waals surface area contributed by atoms with E-state index in [1.165, 1.54) is 18.2 Å². The van der Waals surface area contributed by atoms with Gasteiger partial charge in [0.05, 0.1) is 6.61 Å². The number of esters is 1. The van der Waals surface area contributed by atoms with Gasteiger partial charge in [0.25, 0.3) is 0 Å². The molecule has 0 saturated carbocycles. The third-order valence-corrected chi connectivity index (χ3v) is 2.27. The normalized spacial score (nSPS) is 16.7. The number of rotatable bonds is 3. The lowest BCUT2D eigenvalue weighted by molar-refractivity contribution is -0.137. The second-order valence-electron chi connectivity index (χ2n) is 3.52. The van der Waals surface area contributed by atoms with Crippen molar-refractivity contribution >= 4 is 5.97 Å². The third-order valence-electron chi connectivity index (χ3n) is 2.27. The van der Waals surface area contributed by atoms with Crippen LogP contribution >= 0.6 is 0 Å². The smallest absolute Gasteiger partial charge is 0.412 e. The number of hydrogen-bond donors (Lipinski definition) is 0. The predicted molar refractivity (Wildman–Crippen MR) is 57.2 cm³/mol. The molecule has 0 bridgehead atoms. The van der Waals surface area contributed by atoms with Gasteiger partial charge in [0, 0.05) is 11.6 Å². The van der Waals surface area contributed by atoms with Gasteiger partial charge in [0.1, 0.15) is 0 Å². The van der Waals surface area contributed by atoms with Crippen LogP contribution in [-0.4, -0.2) is 18.8 Å². The maximum absolute atomic E-state index is 12.3. The van der Waals surface area contributed by atoms with Crippen LogP contribution in [0.15, 0.2) is 35.5 Å². The van der Waals surface area contributed by atoms with Gasteiger partial charge in [-0.15, -0.1) is 0 Å². The molecule has 0 heterocycles. The zero-order valence-electron chi connectivity index (χ0n) is 9.38. The summed E-state index contributed by atoms with van der Waals surface area (Å²) in [5.74, 6) is -0.487. The Labute approximate surface area is 97.5 Å². The lowest BCUT2D eigenvalue weighted by atomic mass is 9.98. The molecule has 0 aromatic heterocycles. The summed E-state index contributed by atoms with van der Waals surface area (Å²) in [5.41, 5.74) is 0.150. The molecule has 0 amide bonds. The zero-order chi connectivity index (χ0) is 12.9. The molecule has 0 saturated heterocycles. The summed E-state index contributed by atoms with van der Waals surface area (Å²) in [5, 5.41) is 0. The monoisotopic (exact) mass is 246 g/mol. The molecule has 1 aliphatic carbocycles. The van der Waals surface area contributed by atoms with Gasteiger partial charge in [-0.2, -0.15) is 13.2 Å². The Hall–Kier alpha value is -1.52. The Balaban J connectivity index is 2.62. The lowest BCUT2D eigenvalue weighted by Gasteiger charge is -2.14. The van der Waals surface area contributed by atoms with E-state index in [0.717, 1.165) is 6.08 Å². The van der Waals surface area contributed by atoms with Gasteiger partial charge >= 0.3 is 12.1 Å². The molecule has 0 fully saturated rings. The molecule has 0 atom stereocenters. The molecule has 5 heteroatoms. The number of carbonyl (C=O) groups excluding carboxylic acids is 1. The van der Waals surface area contributed by atoms with E-state index in [1.807, 2.05) is 0 Å². The van der Waals surface area contributed by atoms with Crippen molar-refractivity contribution in [1.29, 1.82) is 0 Å². The van der Waals surface area contributed by atoms with Gasteiger partial charge in [0.2, 0.25) is 0 Å². The van der Waals surface area contributed by atoms with Crippen LogP contribution in [0.3, 0.4) is 0 Å². The number of alkyl halides is 3. The number of allylic oxidation sites excluding steroid dienone is 5. The highest BCUT2D eigenvalue weighted by atomic mass is 19.4. The van der Waals surface area contributed by atoms with Crippen LogP contribution in [0.2, 0.25) is 0 Å². The van der Waals surface area contributed by atoms with E-state index in [1.54, 1.807) is 6.92 Å². The summed E-state index contributed by atoms with van der Waals surface area (Å²) < 4.78 is 41.5. The van der Waals surface area contributed by atoms with Crippen molar-refractivity contribution in [2.75, 3.05) is 6.61 Å². The highest BCUT2D eigenvalue weighted by molar-refractivity contribution is 5.82. The highest BCUT2D eigenvalue weighted by Gasteiger charge is 2.33. The fourth-order valence-corrected chi connectivity index (χ4v) is 1.39. The Bertz CT molecular complexity index is 376. The number of halogens is 3. The van der Waals surface area contributed by atoms with Crippen molar-refractivity contribution in [3.63, 3.8) is 0 Å². The molecular weight excluding hydrogens is 233 g/mol. The Morgan fingerprint density at radius 3 is 2.59 bits per heavy atom. The van der Waals surface area contributed by atoms with Crippen LogP contribution in [0.4, 0.5) is 13.2 Å². The van der Waals surface area contributed by atoms with Crippen LogP contribution < -0.4 is 0 Å². The maximum Gasteiger partial charge on any atom is 0.412 e. The largest absolute Gasteiger partial charge is 0.463 e. The van der Waals surface area contributed by atoms with Gasteiger partial charge < -0.3 is 4.74 Å². The molecule has 0 aromatic carbocycles. The second-order valence-corrected chi connectivity index (χ2v) is 3.52. The summed E-state index contributed by atoms with van der Waals surface area (Å²) in [6.07, 6.45) is 1.11. The van der Waals surface area contributed by atoms with Gasteiger partial charge in [-0.25, -0.2) is 4.79 Å². The fourth-order valence-electron chi connectivity index (χ4n) is 1.39. The van der Waals surface area contributed by atoms with Crippen LogP contribution in [0.25, 0.3) is 0 Å². The van der Waals surface area contributed by atoms with Crippen molar-refractivity contribution in [1.82, 2.24) is 0 Å². The molecule has 2 nitrogen and oxygen atoms in total. The standard InChI is InChI=1S/C12H13F3O2/c1-2-17-11(16)8-5-9-3-6-10(7-4-9)12(13,14)15/h3,5-6,8H,2,4,7H2,1H3/b8-5+. The lowest BCUT2D eigenvalue weighted by Crippen LogP contribution is -2.13. The molecule has 0 spiro atoms. The summed E-state index contributed by atoms with van der Waals surface area (Å²) in [6.45, 7) is 1.96. The number of carbonyl (C=O) groups is 1. The minimum Gasteiger partial charge on any atom is -0.463 e. The topological polar surface area (TPSA) is 26.3 Å². The summed E-state index contributed by atoms with van der Waals surface area (Å²) in [7, 11) is 0. The average molecular weight is 246 g/mol. The second kappa shape index (κ2) is 5.70. The summed E-state index contributed by atoms with van der Waals surface area (Å²) in [6, 6.07) is 0. The van der Waals surface area contributed by atoms with E-state index in [0.29, 0.717) is 5.57 Å². The van der Waals surface area contributed by atoms with E-state index in [4.69, 9.17) is 0 Å². The molecule has 0 aromatic rings. The molecule has 0 unspecified atom stereocenters. The molecule has 94 valence electrons. The minimum atomic E-state index is -4.26. The van der Waals surface area contributed by atoms with Crippen molar-refractivity contribution in [3.05, 3.63) is 35.5 Å². The summed E-state index contributed by atoms with van der Waals surface area (Å²) in [4.78, 5) is 11.0. The van der Waals surface area contributed by atoms with Gasteiger partial charge in [-0.1, -0.05) is 18.2 Å². The average Bonchev–Trinajstić information content (AvgIpc) is 2.26. The fraction of sp³-hybridized carbons (Fsp3) is 0.417. The van der Waals surface area contributed by atoms with Crippen molar-refractivity contribution in [3.8, 4) is 0 Å². The zero-order valence-corrected chi connectivity index (χ0v) is 9.38. The molecule has 0 N–H and O–H groups in total. The van der Waals surface area contributed by atoms with Gasteiger partial charge in [-0.3, -0.25) is 0 Å². The first-order chi connectivity index (χ1) is 7.93. The minimum absolute atomic E-state index is 0.0531. The molecule has 1 rings (SSSR count). The van der Waals surface area contributed by atoms with Crippen LogP contribution in [0.5, 0.6) is 0 Å². The van der Waals surface area contributed by atoms with E-state index < -0.39 is 17.7 Å². The van der Waals surface area contributed by atoms with E-state index >= 15 is 0 Å². The first-order valence-corrected chi connectivity index (χ1v) is 5.25. The first kappa shape index (κ1) is 13.5. The molecular formula is C12H13F3O2. The number of ether oxygens (including phenoxy) is 1. The first-order valence-electron chi connectivity index (χ1n) is 5.25. The number of hydrogen-bond acceptors (Lipinski definition) is 2. The molecule has 17 heavy (non-hydrogen) atoms. The maximum atomic E-state index is 12.3. The molecule has 1 aliphatic rings. The van der Waals surface area contributed by atoms with Crippen molar-refractivity contribution < 1.29 is 22.7 Å². The van der Waals surface area contributed by atoms with Crippen LogP contribution in [0.1, 0.15) is 19.8 Å².